The van der Waals surface area contributed by atoms with Crippen LogP contribution in [-0.4, -0.2) is 19.5 Å². The Kier molecular flexibility index (Phi) is 4.91. The lowest BCUT2D eigenvalue weighted by atomic mass is 10.3. The Morgan fingerprint density at radius 3 is 2.54 bits per heavy atom. The molecule has 1 heterocycles. The van der Waals surface area contributed by atoms with Crippen LogP contribution in [0.25, 0.3) is 5.57 Å². The van der Waals surface area contributed by atoms with Crippen LogP contribution in [0, 0.1) is 5.82 Å². The predicted octanol–water partition coefficient (Wildman–Crippen LogP) is 3.43. The Balaban J connectivity index is 2.25. The van der Waals surface area contributed by atoms with Crippen LogP contribution in [0.2, 0.25) is 5.02 Å². The molecular weight excluding hydrogens is 359 g/mol. The van der Waals surface area contributed by atoms with Crippen molar-refractivity contribution in [1.29, 1.82) is 0 Å². The molecule has 0 aliphatic heterocycles. The molecule has 1 amide bonds. The summed E-state index contributed by atoms with van der Waals surface area (Å²) in [5, 5.41) is 5.78. The molecule has 2 aromatic rings. The summed E-state index contributed by atoms with van der Waals surface area (Å²) < 4.78 is 43.3. The Labute approximate surface area is 142 Å². The van der Waals surface area contributed by atoms with Crippen molar-refractivity contribution in [3.8, 4) is 0 Å². The minimum absolute atomic E-state index is 0.0223. The van der Waals surface area contributed by atoms with E-state index in [9.17, 15) is 17.6 Å². The second kappa shape index (κ2) is 6.58. The molecule has 0 saturated carbocycles. The van der Waals surface area contributed by atoms with Gasteiger partial charge in [0.05, 0.1) is 0 Å². The van der Waals surface area contributed by atoms with Crippen molar-refractivity contribution in [3.63, 3.8) is 0 Å². The molecule has 0 atom stereocenters. The Morgan fingerprint density at radius 1 is 1.33 bits per heavy atom. The fourth-order valence-corrected chi connectivity index (χ4v) is 2.95. The number of benzene rings is 1. The zero-order valence-electron chi connectivity index (χ0n) is 12.5. The number of rotatable bonds is 5. The molecule has 2 rings (SSSR count). The summed E-state index contributed by atoms with van der Waals surface area (Å²) >= 11 is 5.58. The van der Waals surface area contributed by atoms with Crippen LogP contribution in [0.5, 0.6) is 0 Å². The van der Waals surface area contributed by atoms with E-state index in [-0.39, 0.29) is 10.8 Å². The van der Waals surface area contributed by atoms with Crippen LogP contribution in [-0.2, 0) is 14.6 Å². The number of carbonyl (C=O) groups excluding carboxylic acids is 1. The van der Waals surface area contributed by atoms with E-state index in [1.165, 1.54) is 12.1 Å². The Morgan fingerprint density at radius 2 is 2.00 bits per heavy atom. The normalized spacial score (nSPS) is 11.1. The molecule has 0 fully saturated rings. The number of hydrogen-bond acceptors (Lipinski definition) is 5. The molecule has 0 spiro atoms. The van der Waals surface area contributed by atoms with Crippen molar-refractivity contribution in [2.75, 3.05) is 5.32 Å². The average molecular weight is 371 g/mol. The first-order valence-electron chi connectivity index (χ1n) is 6.46. The van der Waals surface area contributed by atoms with E-state index in [1.54, 1.807) is 6.92 Å². The van der Waals surface area contributed by atoms with Gasteiger partial charge in [0.15, 0.2) is 11.6 Å². The molecule has 6 nitrogen and oxygen atoms in total. The van der Waals surface area contributed by atoms with Crippen LogP contribution in [0.3, 0.4) is 0 Å². The van der Waals surface area contributed by atoms with Crippen molar-refractivity contribution in [2.45, 2.75) is 11.8 Å². The van der Waals surface area contributed by atoms with Crippen LogP contribution in [0.1, 0.15) is 12.7 Å². The highest BCUT2D eigenvalue weighted by Gasteiger charge is 2.28. The van der Waals surface area contributed by atoms with Gasteiger partial charge in [-0.3, -0.25) is 4.79 Å². The lowest BCUT2D eigenvalue weighted by Crippen LogP contribution is -2.21. The molecule has 24 heavy (non-hydrogen) atoms. The largest absolute Gasteiger partial charge is 0.354 e. The Bertz CT molecular complexity index is 950. The molecule has 9 heteroatoms. The monoisotopic (exact) mass is 370 g/mol. The molecular formula is C15H12ClFN2O4S. The molecule has 0 unspecified atom stereocenters. The third-order valence-electron chi connectivity index (χ3n) is 2.93. The summed E-state index contributed by atoms with van der Waals surface area (Å²) in [5.74, 6) is -1.85. The van der Waals surface area contributed by atoms with E-state index in [1.807, 2.05) is 0 Å². The molecule has 0 saturated heterocycles. The predicted molar refractivity (Wildman–Crippen MR) is 87.6 cm³/mol. The first-order chi connectivity index (χ1) is 11.1. The molecule has 1 aromatic heterocycles. The van der Waals surface area contributed by atoms with Crippen LogP contribution < -0.4 is 5.32 Å². The van der Waals surface area contributed by atoms with E-state index < -0.39 is 31.4 Å². The molecule has 0 bridgehead atoms. The highest BCUT2D eigenvalue weighted by atomic mass is 35.5. The summed E-state index contributed by atoms with van der Waals surface area (Å²) in [4.78, 5) is 10.5. The van der Waals surface area contributed by atoms with E-state index in [0.717, 1.165) is 12.1 Å². The SMILES string of the molecule is C=C(C)c1cc(NC(=O)C(=C)S(=O)(=O)c2ccc(Cl)cc2F)no1. The van der Waals surface area contributed by atoms with Gasteiger partial charge in [0.1, 0.15) is 15.6 Å². The van der Waals surface area contributed by atoms with Gasteiger partial charge < -0.3 is 9.84 Å². The molecule has 0 aliphatic carbocycles. The maximum absolute atomic E-state index is 13.8. The fraction of sp³-hybridized carbons (Fsp3) is 0.0667. The summed E-state index contributed by atoms with van der Waals surface area (Å²) in [6, 6.07) is 4.35. The summed E-state index contributed by atoms with van der Waals surface area (Å²) in [6.07, 6.45) is 0. The maximum atomic E-state index is 13.8. The van der Waals surface area contributed by atoms with E-state index in [4.69, 9.17) is 16.1 Å². The number of aromatic nitrogens is 1. The quantitative estimate of drug-likeness (QED) is 0.814. The number of hydrogen-bond donors (Lipinski definition) is 1. The van der Waals surface area contributed by atoms with Crippen molar-refractivity contribution < 1.29 is 22.1 Å². The van der Waals surface area contributed by atoms with Gasteiger partial charge in [-0.05, 0) is 30.7 Å². The van der Waals surface area contributed by atoms with Gasteiger partial charge in [-0.25, -0.2) is 12.8 Å². The third kappa shape index (κ3) is 3.55. The molecule has 1 N–H and O–H groups in total. The molecule has 0 aliphatic rings. The highest BCUT2D eigenvalue weighted by Crippen LogP contribution is 2.25. The van der Waals surface area contributed by atoms with E-state index in [0.29, 0.717) is 11.3 Å². The van der Waals surface area contributed by atoms with Crippen LogP contribution in [0.4, 0.5) is 10.2 Å². The topological polar surface area (TPSA) is 89.3 Å². The number of carbonyl (C=O) groups is 1. The minimum atomic E-state index is -4.43. The minimum Gasteiger partial charge on any atom is -0.354 e. The van der Waals surface area contributed by atoms with Gasteiger partial charge in [0.2, 0.25) is 9.84 Å². The number of halogens is 2. The molecule has 1 aromatic carbocycles. The maximum Gasteiger partial charge on any atom is 0.268 e. The Hall–Kier alpha value is -2.45. The van der Waals surface area contributed by atoms with Gasteiger partial charge in [0.25, 0.3) is 5.91 Å². The summed E-state index contributed by atoms with van der Waals surface area (Å²) in [6.45, 7) is 8.53. The number of anilines is 1. The number of nitrogens with one attached hydrogen (secondary N) is 1. The highest BCUT2D eigenvalue weighted by molar-refractivity contribution is 7.96. The standard InChI is InChI=1S/C15H12ClFN2O4S/c1-8(2)12-7-14(19-23-12)18-15(20)9(3)24(21,22)13-5-4-10(16)6-11(13)17/h4-7H,1,3H2,2H3,(H,18,19,20). The van der Waals surface area contributed by atoms with Crippen molar-refractivity contribution in [2.24, 2.45) is 0 Å². The number of allylic oxidation sites excluding steroid dienone is 1. The lowest BCUT2D eigenvalue weighted by Gasteiger charge is -2.08. The first kappa shape index (κ1) is 17.9. The number of nitrogens with zero attached hydrogens (tertiary/aromatic N) is 1. The van der Waals surface area contributed by atoms with E-state index in [2.05, 4.69) is 23.6 Å². The van der Waals surface area contributed by atoms with Gasteiger partial charge in [-0.15, -0.1) is 0 Å². The average Bonchev–Trinajstić information content (AvgIpc) is 2.94. The summed E-state index contributed by atoms with van der Waals surface area (Å²) in [5.41, 5.74) is 0.567. The zero-order valence-corrected chi connectivity index (χ0v) is 14.0. The van der Waals surface area contributed by atoms with Crippen LogP contribution in [0.15, 0.2) is 51.7 Å². The van der Waals surface area contributed by atoms with Crippen molar-refractivity contribution in [1.82, 2.24) is 5.16 Å². The number of amides is 1. The molecule has 0 radical (unpaired) electrons. The third-order valence-corrected chi connectivity index (χ3v) is 4.91. The summed E-state index contributed by atoms with van der Waals surface area (Å²) in [7, 11) is -4.43. The van der Waals surface area contributed by atoms with Crippen molar-refractivity contribution in [3.05, 3.63) is 58.9 Å². The smallest absolute Gasteiger partial charge is 0.268 e. The van der Waals surface area contributed by atoms with Crippen molar-refractivity contribution >= 4 is 38.7 Å². The number of sulfone groups is 1. The second-order valence-electron chi connectivity index (χ2n) is 4.81. The second-order valence-corrected chi connectivity index (χ2v) is 7.19. The first-order valence-corrected chi connectivity index (χ1v) is 8.32. The van der Waals surface area contributed by atoms with E-state index >= 15 is 0 Å². The van der Waals surface area contributed by atoms with Gasteiger partial charge >= 0.3 is 0 Å². The lowest BCUT2D eigenvalue weighted by molar-refractivity contribution is -0.112. The van der Waals surface area contributed by atoms with Crippen LogP contribution >= 0.6 is 11.6 Å². The zero-order chi connectivity index (χ0) is 18.1. The fourth-order valence-electron chi connectivity index (χ4n) is 1.67. The van der Waals surface area contributed by atoms with Gasteiger partial charge in [-0.2, -0.15) is 0 Å². The van der Waals surface area contributed by atoms with Gasteiger partial charge in [0, 0.05) is 11.1 Å². The molecule has 126 valence electrons. The van der Waals surface area contributed by atoms with Gasteiger partial charge in [-0.1, -0.05) is 29.9 Å².